The van der Waals surface area contributed by atoms with E-state index in [0.717, 1.165) is 52.4 Å². The molecule has 0 saturated carbocycles. The number of carbonyl (C=O) groups is 2. The molecule has 14 heteroatoms. The summed E-state index contributed by atoms with van der Waals surface area (Å²) in [5.41, 5.74) is 8.12. The van der Waals surface area contributed by atoms with Crippen LogP contribution in [-0.2, 0) is 0 Å². The lowest BCUT2D eigenvalue weighted by molar-refractivity contribution is 0.197. The van der Waals surface area contributed by atoms with Crippen molar-refractivity contribution in [2.24, 2.45) is 11.8 Å². The van der Waals surface area contributed by atoms with Crippen LogP contribution in [0.25, 0.3) is 12.2 Å². The van der Waals surface area contributed by atoms with E-state index < -0.39 is 0 Å². The van der Waals surface area contributed by atoms with Gasteiger partial charge in [-0.2, -0.15) is 0 Å². The second-order valence-electron chi connectivity index (χ2n) is 15.7. The maximum atomic E-state index is 12.7. The number of aryl methyl sites for hydroxylation is 3. The number of anilines is 2. The van der Waals surface area contributed by atoms with Gasteiger partial charge in [-0.3, -0.25) is 15.3 Å². The van der Waals surface area contributed by atoms with Gasteiger partial charge in [0.15, 0.2) is 5.82 Å². The third-order valence-electron chi connectivity index (χ3n) is 10.9. The van der Waals surface area contributed by atoms with E-state index >= 15 is 0 Å². The Morgan fingerprint density at radius 2 is 1.23 bits per heavy atom. The lowest BCUT2D eigenvalue weighted by atomic mass is 9.91. The third kappa shape index (κ3) is 11.5. The highest BCUT2D eigenvalue weighted by atomic mass is 16.5. The van der Waals surface area contributed by atoms with E-state index in [0.29, 0.717) is 54.9 Å². The predicted molar refractivity (Wildman–Crippen MR) is 238 cm³/mol. The number of ether oxygens (including phenoxy) is 2. The SMILES string of the molecule is Cc1ccc(Oc2cccc(/C=C3\CCN(C(=O)Nc4cnoc4)CC3C)c2)cn1.Cc1ccc(Oc2cccc(C=C3CCN(C(=O)Nc4noc(C)c4C)CC3C)c2)cn1. The Hall–Kier alpha value is -7.22. The van der Waals surface area contributed by atoms with Crippen LogP contribution in [0.1, 0.15) is 60.5 Å². The molecule has 4 amide bonds. The van der Waals surface area contributed by atoms with Crippen LogP contribution in [0.15, 0.2) is 118 Å². The smallest absolute Gasteiger partial charge is 0.323 e. The van der Waals surface area contributed by atoms with E-state index in [1.54, 1.807) is 12.4 Å². The Kier molecular flexibility index (Phi) is 13.8. The van der Waals surface area contributed by atoms with E-state index in [4.69, 9.17) is 18.5 Å². The second kappa shape index (κ2) is 19.9. The summed E-state index contributed by atoms with van der Waals surface area (Å²) in [4.78, 5) is 37.3. The summed E-state index contributed by atoms with van der Waals surface area (Å²) in [7, 11) is 0. The molecule has 62 heavy (non-hydrogen) atoms. The molecule has 0 bridgehead atoms. The maximum Gasteiger partial charge on any atom is 0.323 e. The van der Waals surface area contributed by atoms with Gasteiger partial charge in [-0.05, 0) is 112 Å². The maximum absolute atomic E-state index is 12.7. The van der Waals surface area contributed by atoms with Crippen molar-refractivity contribution < 1.29 is 28.1 Å². The first kappa shape index (κ1) is 42.9. The number of pyridine rings is 2. The fourth-order valence-corrected chi connectivity index (χ4v) is 7.15. The van der Waals surface area contributed by atoms with Crippen LogP contribution < -0.4 is 20.1 Å². The van der Waals surface area contributed by atoms with Crippen LogP contribution in [0.2, 0.25) is 0 Å². The largest absolute Gasteiger partial charge is 0.456 e. The fraction of sp³-hybridized carbons (Fsp3) is 0.292. The number of piperidine rings is 2. The molecule has 6 aromatic rings. The van der Waals surface area contributed by atoms with Crippen molar-refractivity contribution >= 4 is 35.7 Å². The molecular weight excluding hydrogens is 785 g/mol. The number of benzene rings is 2. The van der Waals surface area contributed by atoms with Gasteiger partial charge in [0, 0.05) is 43.1 Å². The van der Waals surface area contributed by atoms with E-state index in [1.165, 1.54) is 23.6 Å². The van der Waals surface area contributed by atoms with Gasteiger partial charge in [0.25, 0.3) is 0 Å². The van der Waals surface area contributed by atoms with Gasteiger partial charge in [0.2, 0.25) is 0 Å². The quantitative estimate of drug-likeness (QED) is 0.151. The molecular formula is C48H52N8O6. The first-order valence-corrected chi connectivity index (χ1v) is 20.7. The van der Waals surface area contributed by atoms with Crippen LogP contribution in [0, 0.1) is 39.5 Å². The predicted octanol–water partition coefficient (Wildman–Crippen LogP) is 10.9. The van der Waals surface area contributed by atoms with Gasteiger partial charge in [-0.1, -0.05) is 71.7 Å². The molecule has 6 heterocycles. The number of carbonyl (C=O) groups excluding carboxylic acids is 2. The van der Waals surface area contributed by atoms with Gasteiger partial charge in [-0.15, -0.1) is 0 Å². The Morgan fingerprint density at radius 1 is 0.694 bits per heavy atom. The second-order valence-corrected chi connectivity index (χ2v) is 15.7. The van der Waals surface area contributed by atoms with E-state index in [2.05, 4.69) is 69.0 Å². The summed E-state index contributed by atoms with van der Waals surface area (Å²) < 4.78 is 21.8. The zero-order valence-corrected chi connectivity index (χ0v) is 35.9. The van der Waals surface area contributed by atoms with Crippen molar-refractivity contribution in [3.63, 3.8) is 0 Å². The number of likely N-dealkylation sites (tertiary alicyclic amines) is 2. The fourth-order valence-electron chi connectivity index (χ4n) is 7.15. The molecule has 2 fully saturated rings. The average Bonchev–Trinajstić information content (AvgIpc) is 3.90. The first-order valence-electron chi connectivity index (χ1n) is 20.7. The van der Waals surface area contributed by atoms with Crippen molar-refractivity contribution in [1.82, 2.24) is 30.1 Å². The molecule has 2 saturated heterocycles. The minimum absolute atomic E-state index is 0.133. The molecule has 2 N–H and O–H groups in total. The number of hydrogen-bond acceptors (Lipinski definition) is 10. The molecule has 320 valence electrons. The van der Waals surface area contributed by atoms with Crippen LogP contribution in [0.4, 0.5) is 21.1 Å². The summed E-state index contributed by atoms with van der Waals surface area (Å²) in [5, 5.41) is 13.2. The Labute approximate surface area is 361 Å². The lowest BCUT2D eigenvalue weighted by Gasteiger charge is -2.33. The standard InChI is InChI=1S/C25H28N4O3.C23H24N4O3/c1-16-15-29(25(30)27-24-18(3)19(4)32-28-24)11-10-21(16)12-20-6-5-7-22(13-20)31-23-9-8-17(2)26-14-23;1-16-14-27(23(28)26-20-12-25-29-15-20)9-8-19(16)10-18-4-3-5-21(11-18)30-22-7-6-17(2)24-13-22/h5-9,12-14,16H,10-11,15H2,1-4H3,(H,27,28,30);3-7,10-13,15-16H,8-9,14H2,1-2H3,(H,26,28)/b;19-10+. The topological polar surface area (TPSA) is 161 Å². The zero-order valence-electron chi connectivity index (χ0n) is 35.9. The zero-order chi connectivity index (χ0) is 43.6. The van der Waals surface area contributed by atoms with Gasteiger partial charge in [0.1, 0.15) is 40.7 Å². The number of aromatic nitrogens is 4. The molecule has 14 nitrogen and oxygen atoms in total. The molecule has 2 aliphatic heterocycles. The monoisotopic (exact) mass is 836 g/mol. The summed E-state index contributed by atoms with van der Waals surface area (Å²) in [6, 6.07) is 23.4. The molecule has 2 aliphatic rings. The van der Waals surface area contributed by atoms with Gasteiger partial charge >= 0.3 is 12.1 Å². The van der Waals surface area contributed by atoms with Gasteiger partial charge in [-0.25, -0.2) is 9.59 Å². The van der Waals surface area contributed by atoms with E-state index in [-0.39, 0.29) is 23.9 Å². The minimum atomic E-state index is -0.144. The molecule has 2 atom stereocenters. The molecule has 0 radical (unpaired) electrons. The number of hydrogen-bond donors (Lipinski definition) is 2. The highest BCUT2D eigenvalue weighted by Gasteiger charge is 2.26. The Balaban J connectivity index is 0.000000187. The summed E-state index contributed by atoms with van der Waals surface area (Å²) in [6.07, 6.45) is 12.4. The molecule has 8 rings (SSSR count). The number of urea groups is 2. The Morgan fingerprint density at radius 3 is 1.66 bits per heavy atom. The molecule has 2 aromatic carbocycles. The lowest BCUT2D eigenvalue weighted by Crippen LogP contribution is -2.42. The molecule has 4 aromatic heterocycles. The first-order chi connectivity index (χ1) is 29.9. The van der Waals surface area contributed by atoms with Crippen LogP contribution in [-0.4, -0.2) is 68.3 Å². The summed E-state index contributed by atoms with van der Waals surface area (Å²) in [6.45, 7) is 14.5. The van der Waals surface area contributed by atoms with Crippen LogP contribution in [0.5, 0.6) is 23.0 Å². The van der Waals surface area contributed by atoms with Gasteiger partial charge in [0.05, 0.1) is 18.6 Å². The van der Waals surface area contributed by atoms with Crippen molar-refractivity contribution in [2.75, 3.05) is 36.8 Å². The number of nitrogens with one attached hydrogen (secondary N) is 2. The summed E-state index contributed by atoms with van der Waals surface area (Å²) >= 11 is 0. The number of rotatable bonds is 8. The highest BCUT2D eigenvalue weighted by molar-refractivity contribution is 5.89. The Bertz CT molecular complexity index is 2510. The normalized spacial score (nSPS) is 17.6. The molecule has 0 spiro atoms. The van der Waals surface area contributed by atoms with Crippen molar-refractivity contribution in [2.45, 2.75) is 54.4 Å². The molecule has 2 unspecified atom stereocenters. The minimum Gasteiger partial charge on any atom is -0.456 e. The summed E-state index contributed by atoms with van der Waals surface area (Å²) in [5.74, 6) is 4.68. The average molecular weight is 837 g/mol. The van der Waals surface area contributed by atoms with Crippen molar-refractivity contribution in [3.05, 3.63) is 143 Å². The highest BCUT2D eigenvalue weighted by Crippen LogP contribution is 2.30. The molecule has 0 aliphatic carbocycles. The third-order valence-corrected chi connectivity index (χ3v) is 10.9. The van der Waals surface area contributed by atoms with Crippen molar-refractivity contribution in [3.8, 4) is 23.0 Å². The van der Waals surface area contributed by atoms with Gasteiger partial charge < -0.3 is 33.6 Å². The van der Waals surface area contributed by atoms with E-state index in [1.807, 2.05) is 98.2 Å². The number of nitrogens with zero attached hydrogens (tertiary/aromatic N) is 6. The van der Waals surface area contributed by atoms with Crippen LogP contribution >= 0.6 is 0 Å². The van der Waals surface area contributed by atoms with Crippen LogP contribution in [0.3, 0.4) is 0 Å². The van der Waals surface area contributed by atoms with Crippen molar-refractivity contribution in [1.29, 1.82) is 0 Å². The van der Waals surface area contributed by atoms with E-state index in [9.17, 15) is 9.59 Å². The number of amides is 4.